The summed E-state index contributed by atoms with van der Waals surface area (Å²) < 4.78 is 1.57. The Hall–Kier alpha value is -1.17. The molecule has 2 N–H and O–H groups in total. The Bertz CT molecular complexity index is 287. The Morgan fingerprint density at radius 1 is 1.62 bits per heavy atom. The van der Waals surface area contributed by atoms with Gasteiger partial charge in [0.25, 0.3) is 0 Å². The van der Waals surface area contributed by atoms with E-state index < -0.39 is 0 Å². The Balaban J connectivity index is 2.08. The van der Waals surface area contributed by atoms with E-state index in [1.807, 2.05) is 0 Å². The third kappa shape index (κ3) is 1.37. The molecular formula is C7H13N5O. The summed E-state index contributed by atoms with van der Waals surface area (Å²) in [5.74, 6) is 0.619. The molecule has 1 saturated carbocycles. The lowest BCUT2D eigenvalue weighted by molar-refractivity contribution is 0.143. The van der Waals surface area contributed by atoms with Gasteiger partial charge in [-0.2, -0.15) is 0 Å². The van der Waals surface area contributed by atoms with Crippen LogP contribution in [0.3, 0.4) is 0 Å². The molecule has 0 radical (unpaired) electrons. The molecule has 0 saturated heterocycles. The summed E-state index contributed by atoms with van der Waals surface area (Å²) in [6.07, 6.45) is 3.12. The van der Waals surface area contributed by atoms with E-state index in [0.717, 1.165) is 19.3 Å². The quantitative estimate of drug-likeness (QED) is 0.663. The third-order valence-electron chi connectivity index (χ3n) is 2.61. The molecule has 0 aliphatic heterocycles. The predicted molar refractivity (Wildman–Crippen MR) is 46.1 cm³/mol. The van der Waals surface area contributed by atoms with Crippen molar-refractivity contribution in [3.05, 3.63) is 0 Å². The number of hydrogen-bond acceptors (Lipinski definition) is 5. The maximum Gasteiger partial charge on any atom is 0.243 e. The topological polar surface area (TPSA) is 75.9 Å². The van der Waals surface area contributed by atoms with Gasteiger partial charge in [-0.25, -0.2) is 4.68 Å². The fourth-order valence-electron chi connectivity index (χ4n) is 1.50. The highest BCUT2D eigenvalue weighted by atomic mass is 16.3. The van der Waals surface area contributed by atoms with Crippen LogP contribution in [0.5, 0.6) is 0 Å². The molecule has 0 atom stereocenters. The van der Waals surface area contributed by atoms with Crippen molar-refractivity contribution >= 4 is 5.95 Å². The summed E-state index contributed by atoms with van der Waals surface area (Å²) >= 11 is 0. The first-order valence-electron chi connectivity index (χ1n) is 4.37. The molecule has 0 amide bonds. The Morgan fingerprint density at radius 2 is 2.38 bits per heavy atom. The van der Waals surface area contributed by atoms with Gasteiger partial charge in [0.05, 0.1) is 12.1 Å². The number of aliphatic hydroxyl groups is 1. The Labute approximate surface area is 75.9 Å². The molecule has 72 valence electrons. The fraction of sp³-hybridized carbons (Fsp3) is 0.857. The lowest BCUT2D eigenvalue weighted by atomic mass is 9.77. The first kappa shape index (κ1) is 8.43. The summed E-state index contributed by atoms with van der Waals surface area (Å²) in [4.78, 5) is 0. The maximum absolute atomic E-state index is 9.19. The number of rotatable bonds is 3. The first-order valence-corrected chi connectivity index (χ1v) is 4.37. The number of aryl methyl sites for hydroxylation is 1. The van der Waals surface area contributed by atoms with E-state index in [1.54, 1.807) is 11.7 Å². The summed E-state index contributed by atoms with van der Waals surface area (Å²) in [6.45, 7) is 0.139. The average molecular weight is 183 g/mol. The van der Waals surface area contributed by atoms with Gasteiger partial charge in [0.15, 0.2) is 0 Å². The van der Waals surface area contributed by atoms with Gasteiger partial charge in [0.2, 0.25) is 5.95 Å². The van der Waals surface area contributed by atoms with Crippen molar-refractivity contribution in [1.29, 1.82) is 0 Å². The zero-order chi connectivity index (χ0) is 9.31. The van der Waals surface area contributed by atoms with E-state index in [9.17, 15) is 5.11 Å². The number of aliphatic hydroxyl groups excluding tert-OH is 1. The van der Waals surface area contributed by atoms with Crippen LogP contribution >= 0.6 is 0 Å². The Kier molecular flexibility index (Phi) is 1.91. The monoisotopic (exact) mass is 183 g/mol. The van der Waals surface area contributed by atoms with Gasteiger partial charge in [-0.1, -0.05) is 5.10 Å². The van der Waals surface area contributed by atoms with Gasteiger partial charge in [-0.3, -0.25) is 0 Å². The minimum Gasteiger partial charge on any atom is -0.394 e. The highest BCUT2D eigenvalue weighted by Gasteiger charge is 2.37. The number of nitrogens with zero attached hydrogens (tertiary/aromatic N) is 4. The van der Waals surface area contributed by atoms with Gasteiger partial charge in [0, 0.05) is 7.05 Å². The molecule has 1 aliphatic rings. The van der Waals surface area contributed by atoms with Crippen molar-refractivity contribution < 1.29 is 5.11 Å². The van der Waals surface area contributed by atoms with Crippen LogP contribution in [0, 0.1) is 0 Å². The van der Waals surface area contributed by atoms with E-state index >= 15 is 0 Å². The molecule has 2 rings (SSSR count). The van der Waals surface area contributed by atoms with Crippen LogP contribution in [-0.2, 0) is 7.05 Å². The molecule has 0 aromatic carbocycles. The van der Waals surface area contributed by atoms with Crippen LogP contribution in [0.1, 0.15) is 19.3 Å². The number of hydrogen-bond donors (Lipinski definition) is 2. The molecule has 1 fully saturated rings. The number of aromatic nitrogens is 4. The van der Waals surface area contributed by atoms with E-state index in [4.69, 9.17) is 0 Å². The van der Waals surface area contributed by atoms with Gasteiger partial charge in [0.1, 0.15) is 0 Å². The van der Waals surface area contributed by atoms with Crippen LogP contribution < -0.4 is 5.32 Å². The summed E-state index contributed by atoms with van der Waals surface area (Å²) in [6, 6.07) is 0. The molecule has 6 nitrogen and oxygen atoms in total. The van der Waals surface area contributed by atoms with E-state index in [0.29, 0.717) is 5.95 Å². The van der Waals surface area contributed by atoms with E-state index in [2.05, 4.69) is 20.8 Å². The van der Waals surface area contributed by atoms with Crippen molar-refractivity contribution in [2.75, 3.05) is 11.9 Å². The summed E-state index contributed by atoms with van der Waals surface area (Å²) in [5, 5.41) is 23.4. The SMILES string of the molecule is Cn1nnnc1NC1(CO)CCC1. The molecule has 6 heteroatoms. The fourth-order valence-corrected chi connectivity index (χ4v) is 1.50. The van der Waals surface area contributed by atoms with Crippen LogP contribution in [-0.4, -0.2) is 37.5 Å². The van der Waals surface area contributed by atoms with Gasteiger partial charge in [-0.05, 0) is 29.7 Å². The molecule has 1 aromatic rings. The van der Waals surface area contributed by atoms with Crippen molar-refractivity contribution in [2.45, 2.75) is 24.8 Å². The second-order valence-corrected chi connectivity index (χ2v) is 3.54. The van der Waals surface area contributed by atoms with Gasteiger partial charge in [-0.15, -0.1) is 0 Å². The zero-order valence-corrected chi connectivity index (χ0v) is 7.56. The van der Waals surface area contributed by atoms with Crippen molar-refractivity contribution in [1.82, 2.24) is 20.2 Å². The van der Waals surface area contributed by atoms with Crippen molar-refractivity contribution in [3.63, 3.8) is 0 Å². The largest absolute Gasteiger partial charge is 0.394 e. The molecule has 1 aromatic heterocycles. The average Bonchev–Trinajstić information content (AvgIpc) is 2.44. The normalized spacial score (nSPS) is 19.5. The molecule has 1 heterocycles. The third-order valence-corrected chi connectivity index (χ3v) is 2.61. The van der Waals surface area contributed by atoms with E-state index in [1.165, 1.54) is 0 Å². The molecule has 1 aliphatic carbocycles. The predicted octanol–water partition coefficient (Wildman–Crippen LogP) is -0.463. The van der Waals surface area contributed by atoms with Gasteiger partial charge < -0.3 is 10.4 Å². The standard InChI is InChI=1S/C7H13N5O/c1-12-6(9-10-11-12)8-7(5-13)3-2-4-7/h13H,2-5H2,1H3,(H,8,9,11). The van der Waals surface area contributed by atoms with Crippen LogP contribution in [0.2, 0.25) is 0 Å². The van der Waals surface area contributed by atoms with Crippen LogP contribution in [0.4, 0.5) is 5.95 Å². The van der Waals surface area contributed by atoms with Gasteiger partial charge >= 0.3 is 0 Å². The molecular weight excluding hydrogens is 170 g/mol. The first-order chi connectivity index (χ1) is 6.26. The van der Waals surface area contributed by atoms with Crippen LogP contribution in [0.15, 0.2) is 0 Å². The lowest BCUT2D eigenvalue weighted by Gasteiger charge is -2.40. The highest BCUT2D eigenvalue weighted by Crippen LogP contribution is 2.33. The minimum atomic E-state index is -0.178. The number of anilines is 1. The number of tetrazole rings is 1. The Morgan fingerprint density at radius 3 is 2.77 bits per heavy atom. The minimum absolute atomic E-state index is 0.139. The molecule has 0 bridgehead atoms. The van der Waals surface area contributed by atoms with Crippen molar-refractivity contribution in [2.24, 2.45) is 7.05 Å². The summed E-state index contributed by atoms with van der Waals surface area (Å²) in [5.41, 5.74) is -0.178. The second kappa shape index (κ2) is 2.95. The molecule has 0 spiro atoms. The molecule has 0 unspecified atom stereocenters. The molecule has 13 heavy (non-hydrogen) atoms. The van der Waals surface area contributed by atoms with E-state index in [-0.39, 0.29) is 12.1 Å². The summed E-state index contributed by atoms with van der Waals surface area (Å²) in [7, 11) is 1.77. The smallest absolute Gasteiger partial charge is 0.243 e. The van der Waals surface area contributed by atoms with Crippen molar-refractivity contribution in [3.8, 4) is 0 Å². The highest BCUT2D eigenvalue weighted by molar-refractivity contribution is 5.29. The maximum atomic E-state index is 9.19. The number of nitrogens with one attached hydrogen (secondary N) is 1. The van der Waals surface area contributed by atoms with Crippen LogP contribution in [0.25, 0.3) is 0 Å². The zero-order valence-electron chi connectivity index (χ0n) is 7.56. The second-order valence-electron chi connectivity index (χ2n) is 3.54. The lowest BCUT2D eigenvalue weighted by Crippen LogP contribution is -2.48.